The molecule has 0 aliphatic rings. The molecule has 3 rings (SSSR count). The molecular formula is C25H25NaO3. The molecule has 0 radical (unpaired) electrons. The molecule has 0 aliphatic carbocycles. The van der Waals surface area contributed by atoms with Gasteiger partial charge in [-0.15, -0.1) is 0 Å². The summed E-state index contributed by atoms with van der Waals surface area (Å²) in [5.41, 5.74) is 3.06. The first-order valence-electron chi connectivity index (χ1n) is 9.59. The van der Waals surface area contributed by atoms with Gasteiger partial charge in [0.2, 0.25) is 0 Å². The summed E-state index contributed by atoms with van der Waals surface area (Å²) in [5.74, 6) is -0.700. The maximum absolute atomic E-state index is 11.8. The Hall–Kier alpha value is -2.07. The summed E-state index contributed by atoms with van der Waals surface area (Å²) < 4.78 is 5.87. The molecule has 0 saturated heterocycles. The molecule has 144 valence electrons. The predicted molar refractivity (Wildman–Crippen MR) is 109 cm³/mol. The van der Waals surface area contributed by atoms with Crippen LogP contribution in [0.3, 0.4) is 0 Å². The first-order chi connectivity index (χ1) is 13.5. The van der Waals surface area contributed by atoms with E-state index in [1.165, 1.54) is 11.1 Å². The van der Waals surface area contributed by atoms with Crippen LogP contribution in [-0.4, -0.2) is 11.6 Å². The molecule has 0 amide bonds. The van der Waals surface area contributed by atoms with Crippen LogP contribution in [0.15, 0.2) is 78.9 Å². The third-order valence-corrected chi connectivity index (χ3v) is 4.92. The number of carboxylic acids is 1. The van der Waals surface area contributed by atoms with Crippen LogP contribution in [0, 0.1) is 0 Å². The van der Waals surface area contributed by atoms with Crippen LogP contribution in [0.1, 0.15) is 36.1 Å². The minimum atomic E-state index is -1.44. The molecule has 0 bridgehead atoms. The molecule has 0 saturated carbocycles. The van der Waals surface area contributed by atoms with Crippen molar-refractivity contribution in [2.75, 3.05) is 0 Å². The van der Waals surface area contributed by atoms with Crippen molar-refractivity contribution in [1.82, 2.24) is 0 Å². The van der Waals surface area contributed by atoms with Crippen LogP contribution in [0.25, 0.3) is 0 Å². The molecule has 3 nitrogen and oxygen atoms in total. The minimum absolute atomic E-state index is 0. The first-order valence-corrected chi connectivity index (χ1v) is 9.59. The molecule has 29 heavy (non-hydrogen) atoms. The third-order valence-electron chi connectivity index (χ3n) is 4.92. The zero-order valence-corrected chi connectivity index (χ0v) is 19.4. The van der Waals surface area contributed by atoms with Gasteiger partial charge in [0, 0.05) is 6.42 Å². The zero-order chi connectivity index (χ0) is 20.0. The summed E-state index contributed by atoms with van der Waals surface area (Å²) in [5, 5.41) is 11.8. The molecule has 0 aromatic heterocycles. The van der Waals surface area contributed by atoms with Crippen molar-refractivity contribution in [3.63, 3.8) is 0 Å². The van der Waals surface area contributed by atoms with E-state index in [1.54, 1.807) is 6.92 Å². The van der Waals surface area contributed by atoms with Gasteiger partial charge in [-0.3, -0.25) is 0 Å². The second-order valence-corrected chi connectivity index (χ2v) is 7.27. The Morgan fingerprint density at radius 3 is 1.90 bits per heavy atom. The topological polar surface area (TPSA) is 49.4 Å². The van der Waals surface area contributed by atoms with Crippen molar-refractivity contribution < 1.29 is 44.2 Å². The Kier molecular flexibility index (Phi) is 8.51. The van der Waals surface area contributed by atoms with Crippen LogP contribution in [0.5, 0.6) is 5.75 Å². The summed E-state index contributed by atoms with van der Waals surface area (Å²) in [6.45, 7) is 3.65. The van der Waals surface area contributed by atoms with E-state index in [-0.39, 0.29) is 36.0 Å². The second-order valence-electron chi connectivity index (χ2n) is 7.27. The van der Waals surface area contributed by atoms with Crippen LogP contribution >= 0.6 is 0 Å². The van der Waals surface area contributed by atoms with Gasteiger partial charge in [-0.05, 0) is 54.2 Å². The molecule has 3 aromatic rings. The molecule has 0 N–H and O–H groups in total. The van der Waals surface area contributed by atoms with Gasteiger partial charge in [0.05, 0.1) is 5.97 Å². The van der Waals surface area contributed by atoms with Gasteiger partial charge in [-0.25, -0.2) is 0 Å². The number of benzene rings is 3. The number of rotatable bonds is 8. The maximum Gasteiger partial charge on any atom is 1.00 e. The standard InChI is InChI=1S/C25H26O3.Na/c1-3-19-9-11-22(12-10-19)18-25(2,24(26)27)28-23-15-13-21(14-16-23)17-20-7-5-4-6-8-20;/h4-16H,3,17-18H2,1-2H3,(H,26,27);/q;+1/p-1. The molecular weight excluding hydrogens is 371 g/mol. The Labute approximate surface area is 195 Å². The van der Waals surface area contributed by atoms with Crippen molar-refractivity contribution in [2.24, 2.45) is 0 Å². The molecule has 1 unspecified atom stereocenters. The number of carboxylic acid groups (broad SMARTS) is 1. The van der Waals surface area contributed by atoms with Gasteiger partial charge >= 0.3 is 29.6 Å². The average molecular weight is 396 g/mol. The smallest absolute Gasteiger partial charge is 0.546 e. The van der Waals surface area contributed by atoms with Crippen LogP contribution < -0.4 is 39.4 Å². The fourth-order valence-corrected chi connectivity index (χ4v) is 3.20. The van der Waals surface area contributed by atoms with E-state index in [0.29, 0.717) is 5.75 Å². The first kappa shape index (κ1) is 23.2. The summed E-state index contributed by atoms with van der Waals surface area (Å²) in [6.07, 6.45) is 2.01. The summed E-state index contributed by atoms with van der Waals surface area (Å²) >= 11 is 0. The molecule has 4 heteroatoms. The largest absolute Gasteiger partial charge is 1.00 e. The molecule has 1 atom stereocenters. The summed E-state index contributed by atoms with van der Waals surface area (Å²) in [4.78, 5) is 11.8. The maximum atomic E-state index is 11.8. The van der Waals surface area contributed by atoms with Gasteiger partial charge in [-0.2, -0.15) is 0 Å². The monoisotopic (exact) mass is 396 g/mol. The SMILES string of the molecule is CCc1ccc(CC(C)(Oc2ccc(Cc3ccccc3)cc2)C(=O)[O-])cc1.[Na+]. The quantitative estimate of drug-likeness (QED) is 0.534. The van der Waals surface area contributed by atoms with E-state index in [9.17, 15) is 9.90 Å². The van der Waals surface area contributed by atoms with Gasteiger partial charge in [0.25, 0.3) is 0 Å². The van der Waals surface area contributed by atoms with E-state index >= 15 is 0 Å². The summed E-state index contributed by atoms with van der Waals surface area (Å²) in [7, 11) is 0. The van der Waals surface area contributed by atoms with Crippen LogP contribution in [0.2, 0.25) is 0 Å². The molecule has 3 aromatic carbocycles. The molecule has 0 heterocycles. The Morgan fingerprint density at radius 1 is 0.828 bits per heavy atom. The van der Waals surface area contributed by atoms with Crippen LogP contribution in [-0.2, 0) is 24.1 Å². The van der Waals surface area contributed by atoms with E-state index in [2.05, 4.69) is 19.1 Å². The Balaban J connectivity index is 0.00000300. The Bertz CT molecular complexity index is 905. The molecule has 0 fully saturated rings. The van der Waals surface area contributed by atoms with E-state index in [0.717, 1.165) is 24.0 Å². The number of carbonyl (C=O) groups excluding carboxylic acids is 1. The van der Waals surface area contributed by atoms with Crippen molar-refractivity contribution in [1.29, 1.82) is 0 Å². The summed E-state index contributed by atoms with van der Waals surface area (Å²) in [6, 6.07) is 25.7. The number of ether oxygens (including phenoxy) is 1. The van der Waals surface area contributed by atoms with Gasteiger partial charge in [0.15, 0.2) is 0 Å². The van der Waals surface area contributed by atoms with Crippen molar-refractivity contribution in [2.45, 2.75) is 38.7 Å². The molecule has 0 aliphatic heterocycles. The van der Waals surface area contributed by atoms with Gasteiger partial charge < -0.3 is 14.6 Å². The zero-order valence-electron chi connectivity index (χ0n) is 17.4. The van der Waals surface area contributed by atoms with E-state index in [4.69, 9.17) is 4.74 Å². The van der Waals surface area contributed by atoms with E-state index in [1.807, 2.05) is 66.7 Å². The number of aliphatic carboxylic acids is 1. The third kappa shape index (κ3) is 6.46. The number of hydrogen-bond donors (Lipinski definition) is 0. The van der Waals surface area contributed by atoms with Gasteiger partial charge in [0.1, 0.15) is 11.4 Å². The Morgan fingerprint density at radius 2 is 1.34 bits per heavy atom. The molecule has 0 spiro atoms. The van der Waals surface area contributed by atoms with Crippen molar-refractivity contribution >= 4 is 5.97 Å². The predicted octanol–water partition coefficient (Wildman–Crippen LogP) is 0.974. The van der Waals surface area contributed by atoms with Gasteiger partial charge in [-0.1, -0.05) is 73.7 Å². The van der Waals surface area contributed by atoms with E-state index < -0.39 is 11.6 Å². The second kappa shape index (κ2) is 10.6. The van der Waals surface area contributed by atoms with Crippen LogP contribution in [0.4, 0.5) is 0 Å². The number of hydrogen-bond acceptors (Lipinski definition) is 3. The van der Waals surface area contributed by atoms with Crippen molar-refractivity contribution in [3.05, 3.63) is 101 Å². The minimum Gasteiger partial charge on any atom is -0.546 e. The normalized spacial score (nSPS) is 12.5. The van der Waals surface area contributed by atoms with Crippen molar-refractivity contribution in [3.8, 4) is 5.75 Å². The fourth-order valence-electron chi connectivity index (χ4n) is 3.20. The number of aryl methyl sites for hydroxylation is 1. The average Bonchev–Trinajstić information content (AvgIpc) is 2.71. The number of carbonyl (C=O) groups is 1. The fraction of sp³-hybridized carbons (Fsp3) is 0.240.